The fourth-order valence-corrected chi connectivity index (χ4v) is 12.1. The summed E-state index contributed by atoms with van der Waals surface area (Å²) in [6.45, 7) is 14.1. The van der Waals surface area contributed by atoms with Gasteiger partial charge in [0.1, 0.15) is 45.8 Å². The van der Waals surface area contributed by atoms with E-state index in [2.05, 4.69) is 65.1 Å². The van der Waals surface area contributed by atoms with E-state index in [0.29, 0.717) is 98.2 Å². The monoisotopic (exact) mass is 1190 g/mol. The molecule has 79 heavy (non-hydrogen) atoms. The van der Waals surface area contributed by atoms with Crippen LogP contribution in [0.1, 0.15) is 127 Å². The summed E-state index contributed by atoms with van der Waals surface area (Å²) in [6, 6.07) is 13.8. The van der Waals surface area contributed by atoms with Crippen molar-refractivity contribution < 1.29 is 28.6 Å². The number of piperidine rings is 2. The van der Waals surface area contributed by atoms with Gasteiger partial charge in [-0.1, -0.05) is 60.8 Å². The van der Waals surface area contributed by atoms with Gasteiger partial charge in [-0.25, -0.2) is 38.1 Å². The van der Waals surface area contributed by atoms with Crippen molar-refractivity contribution in [3.05, 3.63) is 98.1 Å². The highest BCUT2D eigenvalue weighted by Gasteiger charge is 2.38. The minimum Gasteiger partial charge on any atom is -0.481 e. The highest BCUT2D eigenvalue weighted by atomic mass is 35.5. The number of likely N-dealkylation sites (tertiary alicyclic amines) is 2. The smallest absolute Gasteiger partial charge is 0.303 e. The SMILES string of the molecule is C[C@@H]1CN(c2cnc3c(C#N)nn([C@H](C)c4ccc(Cl)cc4F)c3n2)CC[C@@H]1N1CCC[C@H]1CCC(=O)O.C[C@@H]1CNCC[C@@H]1N1CCC[C@H]1CCC(=O)O.C[C@H](c1ccc(Cl)cc1F)n1nc(C#N)c2ncc(Cl)nc21.Cl.Cl. The first-order chi connectivity index (χ1) is 37.0. The van der Waals surface area contributed by atoms with Crippen molar-refractivity contribution in [2.45, 2.75) is 128 Å². The van der Waals surface area contributed by atoms with Gasteiger partial charge in [-0.15, -0.1) is 24.8 Å². The Balaban J connectivity index is 0.000000208. The van der Waals surface area contributed by atoms with Crippen LogP contribution in [0.5, 0.6) is 0 Å². The van der Waals surface area contributed by atoms with Gasteiger partial charge >= 0.3 is 11.9 Å². The Kier molecular flexibility index (Phi) is 22.4. The number of hydrogen-bond donors (Lipinski definition) is 3. The molecule has 2 aromatic carbocycles. The second-order valence-corrected chi connectivity index (χ2v) is 21.8. The van der Waals surface area contributed by atoms with Gasteiger partial charge in [0.25, 0.3) is 0 Å². The first-order valence-electron chi connectivity index (χ1n) is 26.2. The highest BCUT2D eigenvalue weighted by Crippen LogP contribution is 2.35. The quantitative estimate of drug-likeness (QED) is 0.0976. The van der Waals surface area contributed by atoms with Crippen molar-refractivity contribution in [2.75, 3.05) is 44.2 Å². The summed E-state index contributed by atoms with van der Waals surface area (Å²) in [6.07, 6.45) is 11.8. The number of halogens is 7. The van der Waals surface area contributed by atoms with Gasteiger partial charge in [0, 0.05) is 71.3 Å². The number of fused-ring (bicyclic) bond motifs is 2. The first kappa shape index (κ1) is 62.6. The van der Waals surface area contributed by atoms with E-state index in [1.807, 2.05) is 6.07 Å². The summed E-state index contributed by atoms with van der Waals surface area (Å²) in [5.74, 6) is -0.563. The van der Waals surface area contributed by atoms with Crippen molar-refractivity contribution in [3.63, 3.8) is 0 Å². The number of nitriles is 2. The van der Waals surface area contributed by atoms with Crippen LogP contribution < -0.4 is 10.2 Å². The number of nitrogens with one attached hydrogen (secondary N) is 1. The van der Waals surface area contributed by atoms with E-state index in [1.165, 1.54) is 48.8 Å². The summed E-state index contributed by atoms with van der Waals surface area (Å²) in [7, 11) is 0. The normalized spacial score (nSPS) is 22.0. The van der Waals surface area contributed by atoms with Crippen LogP contribution in [0.25, 0.3) is 22.3 Å². The number of aromatic nitrogens is 8. The number of carboxylic acid groups (broad SMARTS) is 2. The molecule has 3 N–H and O–H groups in total. The molecular weight excluding hydrogens is 1120 g/mol. The summed E-state index contributed by atoms with van der Waals surface area (Å²) >= 11 is 17.6. The minimum absolute atomic E-state index is 0. The number of carbonyl (C=O) groups is 2. The third kappa shape index (κ3) is 14.7. The molecule has 8 heterocycles. The number of nitrogens with zero attached hydrogens (tertiary/aromatic N) is 13. The molecule has 0 spiro atoms. The molecule has 4 aromatic heterocycles. The standard InChI is InChI=1S/C27H31ClFN7O2.C14H8Cl2FN5.C13H24N2O2.2ClH/c1-16-15-34(11-9-23(16)35-10-3-4-19(35)6-8-25(37)38)24-14-31-26-22(13-30)33-36(27(26)32-24)17(2)20-7-5-18(28)12-21(20)29;1-7(9-3-2-8(15)4-10(9)17)22-14-13(11(5-18)21-22)19-6-12(16)20-14;1-10-9-14-7-6-12(10)15-8-2-3-11(15)4-5-13(16)17;;/h5,7,12,14,16-17,19,23H,3-4,6,8-11,15H2,1-2H3,(H,37,38);2-4,6-7H,1H3;10-12,14H,2-9H2,1H3,(H,16,17);2*1H/t16-,17-,19+,23+;7-;10-,11+,12+;;/m111../s1. The molecule has 424 valence electrons. The molecular formula is C54H65Cl5F2N14O4. The number of rotatable bonds is 13. The number of carboxylic acids is 2. The Morgan fingerprint density at radius 3 is 1.68 bits per heavy atom. The lowest BCUT2D eigenvalue weighted by molar-refractivity contribution is -0.138. The van der Waals surface area contributed by atoms with E-state index in [0.717, 1.165) is 58.4 Å². The van der Waals surface area contributed by atoms with Crippen LogP contribution in [-0.4, -0.2) is 135 Å². The van der Waals surface area contributed by atoms with Crippen molar-refractivity contribution in [1.82, 2.24) is 54.6 Å². The van der Waals surface area contributed by atoms with Gasteiger partial charge in [0.2, 0.25) is 0 Å². The second-order valence-electron chi connectivity index (χ2n) is 20.5. The van der Waals surface area contributed by atoms with E-state index in [4.69, 9.17) is 55.3 Å². The third-order valence-electron chi connectivity index (χ3n) is 15.5. The van der Waals surface area contributed by atoms with Crippen molar-refractivity contribution in [3.8, 4) is 12.1 Å². The lowest BCUT2D eigenvalue weighted by Gasteiger charge is -2.43. The van der Waals surface area contributed by atoms with E-state index in [-0.39, 0.29) is 47.8 Å². The molecule has 4 saturated heterocycles. The van der Waals surface area contributed by atoms with Gasteiger partial charge in [-0.2, -0.15) is 20.7 Å². The molecule has 6 aromatic rings. The predicted octanol–water partition coefficient (Wildman–Crippen LogP) is 10.6. The number of aliphatic carboxylic acids is 2. The second kappa shape index (κ2) is 28.2. The molecule has 0 bridgehead atoms. The van der Waals surface area contributed by atoms with Crippen LogP contribution in [0.3, 0.4) is 0 Å². The fourth-order valence-electron chi connectivity index (χ4n) is 11.7. The predicted molar refractivity (Wildman–Crippen MR) is 303 cm³/mol. The maximum absolute atomic E-state index is 14.7. The Bertz CT molecular complexity index is 3180. The van der Waals surface area contributed by atoms with Gasteiger partial charge in [-0.3, -0.25) is 19.4 Å². The molecule has 0 amide bonds. The largest absolute Gasteiger partial charge is 0.481 e. The van der Waals surface area contributed by atoms with E-state index < -0.39 is 35.7 Å². The molecule has 4 aliphatic heterocycles. The Morgan fingerprint density at radius 1 is 0.722 bits per heavy atom. The molecule has 18 nitrogen and oxygen atoms in total. The van der Waals surface area contributed by atoms with Crippen LogP contribution in [0.15, 0.2) is 48.8 Å². The lowest BCUT2D eigenvalue weighted by Crippen LogP contribution is -2.52. The van der Waals surface area contributed by atoms with Gasteiger partial charge in [0.15, 0.2) is 22.7 Å². The molecule has 8 atom stereocenters. The Labute approximate surface area is 485 Å². The van der Waals surface area contributed by atoms with Gasteiger partial charge < -0.3 is 20.4 Å². The summed E-state index contributed by atoms with van der Waals surface area (Å²) in [4.78, 5) is 46.7. The Morgan fingerprint density at radius 2 is 1.22 bits per heavy atom. The van der Waals surface area contributed by atoms with Crippen molar-refractivity contribution in [1.29, 1.82) is 10.5 Å². The molecule has 4 fully saturated rings. The molecule has 0 saturated carbocycles. The van der Waals surface area contributed by atoms with Crippen LogP contribution in [0.2, 0.25) is 15.2 Å². The third-order valence-corrected chi connectivity index (χ3v) is 16.2. The molecule has 4 aliphatic rings. The molecule has 0 radical (unpaired) electrons. The van der Waals surface area contributed by atoms with Crippen LogP contribution in [0, 0.1) is 46.1 Å². The highest BCUT2D eigenvalue weighted by molar-refractivity contribution is 6.31. The Hall–Kier alpha value is -5.55. The molecule has 0 aliphatic carbocycles. The van der Waals surface area contributed by atoms with Crippen molar-refractivity contribution in [2.24, 2.45) is 11.8 Å². The van der Waals surface area contributed by atoms with E-state index >= 15 is 0 Å². The minimum atomic E-state index is -0.736. The zero-order chi connectivity index (χ0) is 55.1. The number of anilines is 1. The van der Waals surface area contributed by atoms with Crippen molar-refractivity contribution >= 4 is 99.7 Å². The maximum Gasteiger partial charge on any atom is 0.303 e. The number of hydrogen-bond acceptors (Lipinski definition) is 14. The summed E-state index contributed by atoms with van der Waals surface area (Å²) < 4.78 is 31.8. The van der Waals surface area contributed by atoms with E-state index in [1.54, 1.807) is 49.0 Å². The summed E-state index contributed by atoms with van der Waals surface area (Å²) in [5.41, 5.74) is 2.50. The van der Waals surface area contributed by atoms with Crippen LogP contribution in [-0.2, 0) is 9.59 Å². The summed E-state index contributed by atoms with van der Waals surface area (Å²) in [5, 5.41) is 49.5. The van der Waals surface area contributed by atoms with Crippen LogP contribution >= 0.6 is 59.6 Å². The van der Waals surface area contributed by atoms with Crippen LogP contribution in [0.4, 0.5) is 14.6 Å². The molecule has 10 rings (SSSR count). The van der Waals surface area contributed by atoms with Gasteiger partial charge in [0.05, 0.1) is 24.5 Å². The van der Waals surface area contributed by atoms with E-state index in [9.17, 15) is 23.6 Å². The number of benzene rings is 2. The average molecular weight is 1190 g/mol. The zero-order valence-electron chi connectivity index (χ0n) is 44.3. The fraction of sp³-hybridized carbons (Fsp3) is 0.519. The zero-order valence-corrected chi connectivity index (χ0v) is 48.2. The maximum atomic E-state index is 14.7. The first-order valence-corrected chi connectivity index (χ1v) is 27.4. The molecule has 0 unspecified atom stereocenters. The lowest BCUT2D eigenvalue weighted by atomic mass is 9.91. The average Bonchev–Trinajstić information content (AvgIpc) is 4.42. The topological polar surface area (TPSA) is 231 Å². The van der Waals surface area contributed by atoms with Gasteiger partial charge in [-0.05, 0) is 127 Å². The molecule has 25 heteroatoms.